The van der Waals surface area contributed by atoms with Gasteiger partial charge in [-0.15, -0.1) is 0 Å². The van der Waals surface area contributed by atoms with Crippen molar-refractivity contribution in [1.29, 1.82) is 0 Å². The highest BCUT2D eigenvalue weighted by Gasteiger charge is 2.31. The lowest BCUT2D eigenvalue weighted by atomic mass is 10.1. The Labute approximate surface area is 169 Å². The molecule has 1 amide bonds. The molecular formula is C22H22N4O3. The summed E-state index contributed by atoms with van der Waals surface area (Å²) in [5, 5.41) is 3.15. The van der Waals surface area contributed by atoms with E-state index >= 15 is 0 Å². The number of hydrogen-bond donors (Lipinski definition) is 1. The molecule has 7 heteroatoms. The molecule has 1 aromatic heterocycles. The molecular weight excluding hydrogens is 368 g/mol. The van der Waals surface area contributed by atoms with Gasteiger partial charge in [0, 0.05) is 17.8 Å². The number of benzene rings is 2. The van der Waals surface area contributed by atoms with Gasteiger partial charge in [0.15, 0.2) is 0 Å². The Morgan fingerprint density at radius 2 is 1.93 bits per heavy atom. The number of anilines is 3. The summed E-state index contributed by atoms with van der Waals surface area (Å²) in [4.78, 5) is 23.5. The smallest absolute Gasteiger partial charge is 0.278 e. The number of rotatable bonds is 5. The summed E-state index contributed by atoms with van der Waals surface area (Å²) in [6.45, 7) is 2.04. The predicted molar refractivity (Wildman–Crippen MR) is 111 cm³/mol. The fourth-order valence-corrected chi connectivity index (χ4v) is 3.55. The zero-order chi connectivity index (χ0) is 20.4. The zero-order valence-electron chi connectivity index (χ0n) is 16.5. The Hall–Kier alpha value is -3.61. The number of carbonyl (C=O) groups is 1. The van der Waals surface area contributed by atoms with Crippen molar-refractivity contribution in [3.63, 3.8) is 0 Å². The van der Waals surface area contributed by atoms with Crippen molar-refractivity contribution in [2.24, 2.45) is 0 Å². The Morgan fingerprint density at radius 1 is 1.10 bits per heavy atom. The first-order chi connectivity index (χ1) is 14.1. The third-order valence-corrected chi connectivity index (χ3v) is 4.97. The molecule has 0 saturated heterocycles. The molecule has 2 heterocycles. The zero-order valence-corrected chi connectivity index (χ0v) is 16.5. The first-order valence-electron chi connectivity index (χ1n) is 9.33. The number of nitrogens with one attached hydrogen (secondary N) is 1. The highest BCUT2D eigenvalue weighted by Crippen LogP contribution is 2.33. The van der Waals surface area contributed by atoms with Crippen LogP contribution in [0.3, 0.4) is 0 Å². The highest BCUT2D eigenvalue weighted by atomic mass is 16.5. The van der Waals surface area contributed by atoms with E-state index in [0.717, 1.165) is 12.1 Å². The number of aromatic nitrogens is 2. The number of nitrogens with zero attached hydrogens (tertiary/aromatic N) is 3. The van der Waals surface area contributed by atoms with Crippen LogP contribution in [0.25, 0.3) is 0 Å². The number of hydrogen-bond acceptors (Lipinski definition) is 6. The van der Waals surface area contributed by atoms with Crippen molar-refractivity contribution < 1.29 is 14.3 Å². The average Bonchev–Trinajstić information content (AvgIpc) is 3.09. The highest BCUT2D eigenvalue weighted by molar-refractivity contribution is 6.06. The lowest BCUT2D eigenvalue weighted by Gasteiger charge is -2.22. The monoisotopic (exact) mass is 390 g/mol. The Kier molecular flexibility index (Phi) is 5.03. The molecule has 1 N–H and O–H groups in total. The number of fused-ring (bicyclic) bond motifs is 1. The van der Waals surface area contributed by atoms with Gasteiger partial charge in [-0.3, -0.25) is 4.79 Å². The summed E-state index contributed by atoms with van der Waals surface area (Å²) in [6, 6.07) is 13.5. The van der Waals surface area contributed by atoms with E-state index in [2.05, 4.69) is 21.4 Å². The van der Waals surface area contributed by atoms with Crippen molar-refractivity contribution >= 4 is 23.1 Å². The fourth-order valence-electron chi connectivity index (χ4n) is 3.55. The van der Waals surface area contributed by atoms with E-state index in [1.54, 1.807) is 31.4 Å². The SMILES string of the molecule is COc1ccc(OC)c(Nc2cnc(C(=O)N3c4ccccc4CC3C)cn2)c1. The molecule has 0 saturated carbocycles. The third kappa shape index (κ3) is 3.59. The first kappa shape index (κ1) is 18.7. The summed E-state index contributed by atoms with van der Waals surface area (Å²) < 4.78 is 10.6. The van der Waals surface area contributed by atoms with Gasteiger partial charge in [0.25, 0.3) is 5.91 Å². The maximum atomic E-state index is 13.0. The molecule has 3 aromatic rings. The van der Waals surface area contributed by atoms with E-state index < -0.39 is 0 Å². The molecule has 0 spiro atoms. The van der Waals surface area contributed by atoms with Crippen molar-refractivity contribution in [3.8, 4) is 11.5 Å². The van der Waals surface area contributed by atoms with Crippen LogP contribution in [0.2, 0.25) is 0 Å². The van der Waals surface area contributed by atoms with E-state index in [-0.39, 0.29) is 11.9 Å². The molecule has 1 aliphatic heterocycles. The van der Waals surface area contributed by atoms with Crippen LogP contribution in [0.5, 0.6) is 11.5 Å². The van der Waals surface area contributed by atoms with E-state index in [1.165, 1.54) is 11.8 Å². The van der Waals surface area contributed by atoms with Crippen molar-refractivity contribution in [2.45, 2.75) is 19.4 Å². The minimum atomic E-state index is -0.152. The Bertz CT molecular complexity index is 1040. The van der Waals surface area contributed by atoms with E-state index in [4.69, 9.17) is 9.47 Å². The Balaban J connectivity index is 1.55. The van der Waals surface area contributed by atoms with E-state index in [0.29, 0.717) is 28.7 Å². The number of carbonyl (C=O) groups excluding carboxylic acids is 1. The second-order valence-electron chi connectivity index (χ2n) is 6.84. The van der Waals surface area contributed by atoms with Crippen LogP contribution in [0, 0.1) is 0 Å². The molecule has 0 bridgehead atoms. The normalized spacial score (nSPS) is 15.0. The molecule has 0 radical (unpaired) electrons. The summed E-state index contributed by atoms with van der Waals surface area (Å²) in [6.07, 6.45) is 3.87. The van der Waals surface area contributed by atoms with Crippen LogP contribution in [-0.4, -0.2) is 36.1 Å². The topological polar surface area (TPSA) is 76.6 Å². The van der Waals surface area contributed by atoms with Crippen LogP contribution in [0.15, 0.2) is 54.9 Å². The van der Waals surface area contributed by atoms with Gasteiger partial charge in [0.2, 0.25) is 0 Å². The van der Waals surface area contributed by atoms with Gasteiger partial charge in [-0.25, -0.2) is 9.97 Å². The molecule has 1 aliphatic rings. The van der Waals surface area contributed by atoms with Crippen molar-refractivity contribution in [2.75, 3.05) is 24.4 Å². The maximum absolute atomic E-state index is 13.0. The van der Waals surface area contributed by atoms with Gasteiger partial charge in [-0.05, 0) is 37.1 Å². The number of amides is 1. The van der Waals surface area contributed by atoms with Gasteiger partial charge < -0.3 is 19.7 Å². The van der Waals surface area contributed by atoms with E-state index in [9.17, 15) is 4.79 Å². The first-order valence-corrected chi connectivity index (χ1v) is 9.33. The van der Waals surface area contributed by atoms with Crippen LogP contribution >= 0.6 is 0 Å². The second-order valence-corrected chi connectivity index (χ2v) is 6.84. The van der Waals surface area contributed by atoms with Gasteiger partial charge in [-0.2, -0.15) is 0 Å². The quantitative estimate of drug-likeness (QED) is 0.714. The molecule has 2 aromatic carbocycles. The largest absolute Gasteiger partial charge is 0.497 e. The summed E-state index contributed by atoms with van der Waals surface area (Å²) in [7, 11) is 3.19. The molecule has 7 nitrogen and oxygen atoms in total. The maximum Gasteiger partial charge on any atom is 0.278 e. The number of methoxy groups -OCH3 is 2. The van der Waals surface area contributed by atoms with Crippen LogP contribution in [0.4, 0.5) is 17.2 Å². The van der Waals surface area contributed by atoms with E-state index in [1.807, 2.05) is 37.3 Å². The molecule has 4 rings (SSSR count). The summed E-state index contributed by atoms with van der Waals surface area (Å²) in [5.41, 5.74) is 3.11. The van der Waals surface area contributed by atoms with Crippen LogP contribution < -0.4 is 19.7 Å². The number of ether oxygens (including phenoxy) is 2. The standard InChI is InChI=1S/C22H22N4O3/c1-14-10-15-6-4-5-7-19(15)26(14)22(27)18-12-24-21(13-23-18)25-17-11-16(28-2)8-9-20(17)29-3/h4-9,11-14H,10H2,1-3H3,(H,24,25). The summed E-state index contributed by atoms with van der Waals surface area (Å²) in [5.74, 6) is 1.69. The van der Waals surface area contributed by atoms with Crippen molar-refractivity contribution in [1.82, 2.24) is 9.97 Å². The molecule has 148 valence electrons. The average molecular weight is 390 g/mol. The molecule has 29 heavy (non-hydrogen) atoms. The summed E-state index contributed by atoms with van der Waals surface area (Å²) >= 11 is 0. The minimum Gasteiger partial charge on any atom is -0.497 e. The second kappa shape index (κ2) is 7.79. The lowest BCUT2D eigenvalue weighted by Crippen LogP contribution is -2.36. The molecule has 1 atom stereocenters. The third-order valence-electron chi connectivity index (χ3n) is 4.97. The van der Waals surface area contributed by atoms with Gasteiger partial charge in [0.05, 0.1) is 32.3 Å². The minimum absolute atomic E-state index is 0.0838. The van der Waals surface area contributed by atoms with Gasteiger partial charge in [0.1, 0.15) is 23.0 Å². The van der Waals surface area contributed by atoms with Crippen LogP contribution in [-0.2, 0) is 6.42 Å². The Morgan fingerprint density at radius 3 is 2.66 bits per heavy atom. The lowest BCUT2D eigenvalue weighted by molar-refractivity contribution is 0.0976. The van der Waals surface area contributed by atoms with Gasteiger partial charge in [-0.1, -0.05) is 18.2 Å². The predicted octanol–water partition coefficient (Wildman–Crippen LogP) is 3.83. The fraction of sp³-hybridized carbons (Fsp3) is 0.227. The molecule has 1 unspecified atom stereocenters. The van der Waals surface area contributed by atoms with Crippen molar-refractivity contribution in [3.05, 3.63) is 66.1 Å². The molecule has 0 aliphatic carbocycles. The number of para-hydroxylation sites is 1. The van der Waals surface area contributed by atoms with Crippen LogP contribution in [0.1, 0.15) is 23.0 Å². The van der Waals surface area contributed by atoms with Gasteiger partial charge >= 0.3 is 0 Å². The molecule has 0 fully saturated rings.